The van der Waals surface area contributed by atoms with Crippen LogP contribution >= 0.6 is 0 Å². The molecule has 2 aromatic carbocycles. The second-order valence-corrected chi connectivity index (χ2v) is 7.56. The van der Waals surface area contributed by atoms with Crippen molar-refractivity contribution in [2.24, 2.45) is 0 Å². The number of carbonyl (C=O) groups is 1. The molecule has 0 radical (unpaired) electrons. The van der Waals surface area contributed by atoms with Crippen LogP contribution in [0.25, 0.3) is 0 Å². The monoisotopic (exact) mass is 418 g/mol. The fraction of sp³-hybridized carbons (Fsp3) is 0.304. The number of ether oxygens (including phenoxy) is 1. The predicted molar refractivity (Wildman–Crippen MR) is 122 cm³/mol. The normalized spacial score (nSPS) is 13.7. The minimum atomic E-state index is 0.0289. The Hall–Kier alpha value is -3.52. The van der Waals surface area contributed by atoms with Crippen LogP contribution in [-0.4, -0.2) is 47.0 Å². The minimum absolute atomic E-state index is 0.0289. The van der Waals surface area contributed by atoms with Crippen molar-refractivity contribution in [3.8, 4) is 0 Å². The summed E-state index contributed by atoms with van der Waals surface area (Å²) in [5, 5.41) is 6.52. The highest BCUT2D eigenvalue weighted by molar-refractivity contribution is 5.94. The Morgan fingerprint density at radius 1 is 0.871 bits per heavy atom. The smallest absolute Gasteiger partial charge is 0.233 e. The zero-order chi connectivity index (χ0) is 21.8. The van der Waals surface area contributed by atoms with Gasteiger partial charge in [-0.15, -0.1) is 0 Å². The molecular formula is C23H26N6O2. The van der Waals surface area contributed by atoms with E-state index in [0.29, 0.717) is 36.6 Å². The van der Waals surface area contributed by atoms with Crippen LogP contribution in [0.5, 0.6) is 0 Å². The molecule has 0 spiro atoms. The molecule has 0 bridgehead atoms. The summed E-state index contributed by atoms with van der Waals surface area (Å²) in [5.41, 5.74) is 4.79. The van der Waals surface area contributed by atoms with Crippen molar-refractivity contribution < 1.29 is 9.53 Å². The number of hydrogen-bond acceptors (Lipinski definition) is 8. The van der Waals surface area contributed by atoms with Gasteiger partial charge in [0, 0.05) is 30.0 Å². The Morgan fingerprint density at radius 3 is 2.10 bits per heavy atom. The maximum Gasteiger partial charge on any atom is 0.233 e. The van der Waals surface area contributed by atoms with Crippen molar-refractivity contribution in [2.75, 3.05) is 41.8 Å². The van der Waals surface area contributed by atoms with Crippen molar-refractivity contribution in [1.82, 2.24) is 15.0 Å². The van der Waals surface area contributed by atoms with E-state index >= 15 is 0 Å². The number of benzene rings is 2. The third-order valence-electron chi connectivity index (χ3n) is 5.23. The van der Waals surface area contributed by atoms with E-state index in [1.54, 1.807) is 19.1 Å². The first-order valence-corrected chi connectivity index (χ1v) is 10.3. The Morgan fingerprint density at radius 2 is 1.48 bits per heavy atom. The zero-order valence-electron chi connectivity index (χ0n) is 18.0. The minimum Gasteiger partial charge on any atom is -0.378 e. The fourth-order valence-electron chi connectivity index (χ4n) is 3.25. The molecule has 0 atom stereocenters. The summed E-state index contributed by atoms with van der Waals surface area (Å²) in [6, 6.07) is 13.4. The molecule has 8 nitrogen and oxygen atoms in total. The molecule has 8 heteroatoms. The van der Waals surface area contributed by atoms with Crippen molar-refractivity contribution in [2.45, 2.75) is 20.8 Å². The Kier molecular flexibility index (Phi) is 6.08. The van der Waals surface area contributed by atoms with Crippen molar-refractivity contribution >= 4 is 35.0 Å². The van der Waals surface area contributed by atoms with Crippen LogP contribution in [-0.2, 0) is 4.74 Å². The maximum atomic E-state index is 11.5. The highest BCUT2D eigenvalue weighted by atomic mass is 16.5. The molecule has 160 valence electrons. The SMILES string of the molecule is CC(=O)c1ccc(Nc2nc(Nc3ccc(C)c(C)c3)nc(N3CCOCC3)n2)cc1. The highest BCUT2D eigenvalue weighted by Gasteiger charge is 2.17. The number of rotatable bonds is 6. The Bertz CT molecular complexity index is 1080. The quantitative estimate of drug-likeness (QED) is 0.580. The molecule has 0 unspecified atom stereocenters. The summed E-state index contributed by atoms with van der Waals surface area (Å²) in [7, 11) is 0. The molecule has 2 N–H and O–H groups in total. The molecule has 0 saturated carbocycles. The summed E-state index contributed by atoms with van der Waals surface area (Å²) in [6.45, 7) is 8.43. The molecule has 3 aromatic rings. The van der Waals surface area contributed by atoms with Gasteiger partial charge >= 0.3 is 0 Å². The van der Waals surface area contributed by atoms with Crippen molar-refractivity contribution in [1.29, 1.82) is 0 Å². The lowest BCUT2D eigenvalue weighted by atomic mass is 10.1. The first-order chi connectivity index (χ1) is 15.0. The summed E-state index contributed by atoms with van der Waals surface area (Å²) < 4.78 is 5.46. The van der Waals surface area contributed by atoms with Crippen LogP contribution in [0.3, 0.4) is 0 Å². The summed E-state index contributed by atoms with van der Waals surface area (Å²) in [4.78, 5) is 27.4. The third-order valence-corrected chi connectivity index (χ3v) is 5.23. The molecule has 4 rings (SSSR count). The van der Waals surface area contributed by atoms with E-state index in [2.05, 4.69) is 56.5 Å². The van der Waals surface area contributed by atoms with Gasteiger partial charge in [-0.1, -0.05) is 6.07 Å². The van der Waals surface area contributed by atoms with E-state index in [1.807, 2.05) is 18.2 Å². The number of morpholine rings is 1. The zero-order valence-corrected chi connectivity index (χ0v) is 18.0. The van der Waals surface area contributed by atoms with Crippen LogP contribution in [0.1, 0.15) is 28.4 Å². The number of Topliss-reactive ketones (excluding diaryl/α,β-unsaturated/α-hetero) is 1. The summed E-state index contributed by atoms with van der Waals surface area (Å²) >= 11 is 0. The lowest BCUT2D eigenvalue weighted by molar-refractivity contribution is 0.101. The van der Waals surface area contributed by atoms with Crippen LogP contribution in [0.15, 0.2) is 42.5 Å². The molecule has 1 aliphatic rings. The molecule has 2 heterocycles. The lowest BCUT2D eigenvalue weighted by Crippen LogP contribution is -2.37. The van der Waals surface area contributed by atoms with Gasteiger partial charge in [-0.2, -0.15) is 15.0 Å². The molecule has 1 saturated heterocycles. The third kappa shape index (κ3) is 5.16. The topological polar surface area (TPSA) is 92.3 Å². The summed E-state index contributed by atoms with van der Waals surface area (Å²) in [5.74, 6) is 1.51. The van der Waals surface area contributed by atoms with E-state index in [1.165, 1.54) is 11.1 Å². The van der Waals surface area contributed by atoms with Gasteiger partial charge in [0.05, 0.1) is 13.2 Å². The van der Waals surface area contributed by atoms with Gasteiger partial charge in [-0.25, -0.2) is 0 Å². The van der Waals surface area contributed by atoms with Gasteiger partial charge in [0.1, 0.15) is 0 Å². The van der Waals surface area contributed by atoms with E-state index in [9.17, 15) is 4.79 Å². The molecule has 0 aliphatic carbocycles. The average molecular weight is 419 g/mol. The largest absolute Gasteiger partial charge is 0.378 e. The molecule has 1 aliphatic heterocycles. The van der Waals surface area contributed by atoms with Crippen LogP contribution in [0, 0.1) is 13.8 Å². The van der Waals surface area contributed by atoms with Crippen LogP contribution < -0.4 is 15.5 Å². The molecule has 0 amide bonds. The predicted octanol–water partition coefficient (Wildman–Crippen LogP) is 4.01. The number of anilines is 5. The lowest BCUT2D eigenvalue weighted by Gasteiger charge is -2.27. The van der Waals surface area contributed by atoms with E-state index in [0.717, 1.165) is 24.5 Å². The number of aryl methyl sites for hydroxylation is 2. The molecule has 1 aromatic heterocycles. The Labute approximate surface area is 181 Å². The van der Waals surface area contributed by atoms with Crippen LogP contribution in [0.4, 0.5) is 29.2 Å². The number of aromatic nitrogens is 3. The molecular weight excluding hydrogens is 392 g/mol. The molecule has 31 heavy (non-hydrogen) atoms. The van der Waals surface area contributed by atoms with Gasteiger partial charge in [-0.05, 0) is 68.3 Å². The Balaban J connectivity index is 1.63. The van der Waals surface area contributed by atoms with Gasteiger partial charge in [0.2, 0.25) is 17.8 Å². The van der Waals surface area contributed by atoms with E-state index in [4.69, 9.17) is 4.74 Å². The number of nitrogens with zero attached hydrogens (tertiary/aromatic N) is 4. The van der Waals surface area contributed by atoms with Crippen molar-refractivity contribution in [3.05, 3.63) is 59.2 Å². The van der Waals surface area contributed by atoms with Gasteiger partial charge < -0.3 is 20.3 Å². The molecule has 1 fully saturated rings. The van der Waals surface area contributed by atoms with Gasteiger partial charge in [0.15, 0.2) is 5.78 Å². The second kappa shape index (κ2) is 9.09. The first kappa shape index (κ1) is 20.7. The number of nitrogens with one attached hydrogen (secondary N) is 2. The van der Waals surface area contributed by atoms with Crippen molar-refractivity contribution in [3.63, 3.8) is 0 Å². The van der Waals surface area contributed by atoms with Gasteiger partial charge in [0.25, 0.3) is 0 Å². The number of carbonyl (C=O) groups excluding carboxylic acids is 1. The highest BCUT2D eigenvalue weighted by Crippen LogP contribution is 2.22. The standard InChI is InChI=1S/C23H26N6O2/c1-15-4-7-20(14-16(15)2)25-22-26-21(24-19-8-5-18(6-9-19)17(3)30)27-23(28-22)29-10-12-31-13-11-29/h4-9,14H,10-13H2,1-3H3,(H2,24,25,26,27,28). The maximum absolute atomic E-state index is 11.5. The average Bonchev–Trinajstić information content (AvgIpc) is 2.77. The first-order valence-electron chi connectivity index (χ1n) is 10.3. The number of ketones is 1. The summed E-state index contributed by atoms with van der Waals surface area (Å²) in [6.07, 6.45) is 0. The van der Waals surface area contributed by atoms with Gasteiger partial charge in [-0.3, -0.25) is 4.79 Å². The van der Waals surface area contributed by atoms with Crippen LogP contribution in [0.2, 0.25) is 0 Å². The fourth-order valence-corrected chi connectivity index (χ4v) is 3.25. The number of hydrogen-bond donors (Lipinski definition) is 2. The van der Waals surface area contributed by atoms with E-state index in [-0.39, 0.29) is 5.78 Å². The second-order valence-electron chi connectivity index (χ2n) is 7.56. The van der Waals surface area contributed by atoms with E-state index < -0.39 is 0 Å².